The number of carbonyl (C=O) groups excluding carboxylic acids is 3. The number of nitrogens with two attached hydrogens (primary N) is 1. The molecule has 0 aliphatic heterocycles. The first-order valence-electron chi connectivity index (χ1n) is 13.7. The number of benzene rings is 2. The smallest absolute Gasteiger partial charge is 0.326 e. The quantitative estimate of drug-likeness (QED) is 0.116. The van der Waals surface area contributed by atoms with Crippen molar-refractivity contribution in [1.82, 2.24) is 25.9 Å². The Labute approximate surface area is 242 Å². The summed E-state index contributed by atoms with van der Waals surface area (Å²) in [6.45, 7) is 2.82. The maximum absolute atomic E-state index is 13.6. The van der Waals surface area contributed by atoms with Gasteiger partial charge in [-0.2, -0.15) is 0 Å². The van der Waals surface area contributed by atoms with Gasteiger partial charge in [-0.05, 0) is 29.2 Å². The van der Waals surface area contributed by atoms with Gasteiger partial charge in [-0.25, -0.2) is 4.79 Å². The number of rotatable bonds is 13. The summed E-state index contributed by atoms with van der Waals surface area (Å²) in [5.74, 6) is -3.69. The standard InChI is InChI=1S/C30H36N6O6/c1-16(2)26(29(40)35-25(30(41)42)12-18-14-33-23-10-6-4-8-20(18)23)36-28(39)24(34-27(38)21(31)15-37)11-17-13-32-22-9-5-3-7-19(17)22/h3-10,13-14,16,21,24-26,32-33,37H,11-12,15,31H2,1-2H3,(H,34,38)(H,35,40)(H,36,39)(H,41,42). The Morgan fingerprint density at radius 1 is 0.762 bits per heavy atom. The Bertz CT molecular complexity index is 1580. The average molecular weight is 577 g/mol. The van der Waals surface area contributed by atoms with Crippen molar-refractivity contribution in [2.45, 2.75) is 50.9 Å². The molecule has 0 aliphatic carbocycles. The summed E-state index contributed by atoms with van der Waals surface area (Å²) in [7, 11) is 0. The maximum atomic E-state index is 13.6. The van der Waals surface area contributed by atoms with Gasteiger partial charge in [-0.3, -0.25) is 14.4 Å². The molecule has 0 radical (unpaired) electrons. The minimum Gasteiger partial charge on any atom is -0.480 e. The van der Waals surface area contributed by atoms with Crippen LogP contribution in [-0.2, 0) is 32.0 Å². The number of carboxylic acid groups (broad SMARTS) is 1. The molecule has 0 aliphatic rings. The summed E-state index contributed by atoms with van der Waals surface area (Å²) in [5, 5.41) is 28.8. The van der Waals surface area contributed by atoms with E-state index in [1.807, 2.05) is 48.5 Å². The molecule has 0 saturated heterocycles. The van der Waals surface area contributed by atoms with Gasteiger partial charge in [0.25, 0.3) is 0 Å². The van der Waals surface area contributed by atoms with Crippen molar-refractivity contribution < 1.29 is 29.4 Å². The first-order valence-corrected chi connectivity index (χ1v) is 13.7. The number of carbonyl (C=O) groups is 4. The van der Waals surface area contributed by atoms with Crippen LogP contribution in [0.5, 0.6) is 0 Å². The number of nitrogens with one attached hydrogen (secondary N) is 5. The zero-order valence-corrected chi connectivity index (χ0v) is 23.4. The van der Waals surface area contributed by atoms with Gasteiger partial charge in [0, 0.05) is 47.0 Å². The number of H-pyrrole nitrogens is 2. The normalized spacial score (nSPS) is 14.3. The van der Waals surface area contributed by atoms with Gasteiger partial charge in [-0.1, -0.05) is 50.2 Å². The van der Waals surface area contributed by atoms with Crippen molar-refractivity contribution >= 4 is 45.5 Å². The van der Waals surface area contributed by atoms with Crippen LogP contribution in [0.15, 0.2) is 60.9 Å². The third-order valence-electron chi connectivity index (χ3n) is 7.23. The molecule has 0 fully saturated rings. The summed E-state index contributed by atoms with van der Waals surface area (Å²) in [6.07, 6.45) is 3.55. The molecule has 4 atom stereocenters. The van der Waals surface area contributed by atoms with Crippen molar-refractivity contribution in [2.24, 2.45) is 11.7 Å². The van der Waals surface area contributed by atoms with E-state index >= 15 is 0 Å². The highest BCUT2D eigenvalue weighted by atomic mass is 16.4. The molecule has 4 rings (SSSR count). The molecule has 9 N–H and O–H groups in total. The summed E-state index contributed by atoms with van der Waals surface area (Å²) in [6, 6.07) is 10.2. The van der Waals surface area contributed by atoms with Gasteiger partial charge in [-0.15, -0.1) is 0 Å². The lowest BCUT2D eigenvalue weighted by Gasteiger charge is -2.27. The summed E-state index contributed by atoms with van der Waals surface area (Å²) in [5.41, 5.74) is 8.85. The number of aromatic amines is 2. The van der Waals surface area contributed by atoms with E-state index < -0.39 is 60.4 Å². The van der Waals surface area contributed by atoms with Crippen LogP contribution in [-0.4, -0.2) is 74.6 Å². The molecule has 0 spiro atoms. The van der Waals surface area contributed by atoms with Gasteiger partial charge in [0.1, 0.15) is 24.2 Å². The average Bonchev–Trinajstić information content (AvgIpc) is 3.58. The zero-order chi connectivity index (χ0) is 30.4. The Morgan fingerprint density at radius 2 is 1.26 bits per heavy atom. The third-order valence-corrected chi connectivity index (χ3v) is 7.23. The van der Waals surface area contributed by atoms with Crippen molar-refractivity contribution in [3.63, 3.8) is 0 Å². The topological polar surface area (TPSA) is 202 Å². The number of aromatic nitrogens is 2. The number of carboxylic acids is 1. The van der Waals surface area contributed by atoms with Crippen LogP contribution >= 0.6 is 0 Å². The molecular weight excluding hydrogens is 540 g/mol. The van der Waals surface area contributed by atoms with E-state index in [-0.39, 0.29) is 12.8 Å². The SMILES string of the molecule is CC(C)C(NC(=O)C(Cc1c[nH]c2ccccc12)NC(=O)C(N)CO)C(=O)NC(Cc1c[nH]c2ccccc12)C(=O)O. The molecule has 2 heterocycles. The first-order chi connectivity index (χ1) is 20.1. The van der Waals surface area contributed by atoms with E-state index in [0.29, 0.717) is 0 Å². The molecule has 3 amide bonds. The number of aliphatic carboxylic acids is 1. The number of hydrogen-bond donors (Lipinski definition) is 8. The van der Waals surface area contributed by atoms with E-state index in [0.717, 1.165) is 32.9 Å². The number of aliphatic hydroxyl groups excluding tert-OH is 1. The first kappa shape index (κ1) is 30.3. The van der Waals surface area contributed by atoms with E-state index in [4.69, 9.17) is 5.73 Å². The second kappa shape index (κ2) is 13.3. The summed E-state index contributed by atoms with van der Waals surface area (Å²) < 4.78 is 0. The second-order valence-corrected chi connectivity index (χ2v) is 10.6. The van der Waals surface area contributed by atoms with Gasteiger partial charge >= 0.3 is 5.97 Å². The highest BCUT2D eigenvalue weighted by Gasteiger charge is 2.32. The fraction of sp³-hybridized carbons (Fsp3) is 0.333. The lowest BCUT2D eigenvalue weighted by molar-refractivity contribution is -0.142. The lowest BCUT2D eigenvalue weighted by atomic mass is 9.99. The number of para-hydroxylation sites is 2. The maximum Gasteiger partial charge on any atom is 0.326 e. The molecule has 12 heteroatoms. The summed E-state index contributed by atoms with van der Waals surface area (Å²) >= 11 is 0. The van der Waals surface area contributed by atoms with Crippen LogP contribution in [0.2, 0.25) is 0 Å². The molecule has 4 unspecified atom stereocenters. The molecule has 0 bridgehead atoms. The molecule has 4 aromatic rings. The molecule has 42 heavy (non-hydrogen) atoms. The monoisotopic (exact) mass is 576 g/mol. The third kappa shape index (κ3) is 6.96. The molecule has 2 aromatic heterocycles. The van der Waals surface area contributed by atoms with E-state index in [1.54, 1.807) is 26.2 Å². The van der Waals surface area contributed by atoms with Crippen LogP contribution in [0.4, 0.5) is 0 Å². The predicted octanol–water partition coefficient (Wildman–Crippen LogP) is 0.949. The summed E-state index contributed by atoms with van der Waals surface area (Å²) in [4.78, 5) is 57.8. The van der Waals surface area contributed by atoms with Crippen LogP contribution in [0.25, 0.3) is 21.8 Å². The Hall–Kier alpha value is -4.68. The van der Waals surface area contributed by atoms with Gasteiger partial charge in [0.05, 0.1) is 6.61 Å². The fourth-order valence-corrected chi connectivity index (χ4v) is 4.86. The van der Waals surface area contributed by atoms with Crippen LogP contribution in [0.1, 0.15) is 25.0 Å². The van der Waals surface area contributed by atoms with Crippen LogP contribution < -0.4 is 21.7 Å². The van der Waals surface area contributed by atoms with Gasteiger partial charge in [0.2, 0.25) is 17.7 Å². The minimum atomic E-state index is -1.25. The highest BCUT2D eigenvalue weighted by molar-refractivity contribution is 5.95. The van der Waals surface area contributed by atoms with Gasteiger partial charge < -0.3 is 41.9 Å². The lowest BCUT2D eigenvalue weighted by Crippen LogP contribution is -2.59. The molecule has 2 aromatic carbocycles. The highest BCUT2D eigenvalue weighted by Crippen LogP contribution is 2.21. The van der Waals surface area contributed by atoms with E-state index in [1.165, 1.54) is 0 Å². The molecule has 222 valence electrons. The number of amides is 3. The van der Waals surface area contributed by atoms with Crippen molar-refractivity contribution in [2.75, 3.05) is 6.61 Å². The number of hydrogen-bond acceptors (Lipinski definition) is 6. The number of fused-ring (bicyclic) bond motifs is 2. The second-order valence-electron chi connectivity index (χ2n) is 10.6. The van der Waals surface area contributed by atoms with Crippen molar-refractivity contribution in [3.8, 4) is 0 Å². The van der Waals surface area contributed by atoms with Crippen LogP contribution in [0.3, 0.4) is 0 Å². The van der Waals surface area contributed by atoms with E-state index in [9.17, 15) is 29.4 Å². The largest absolute Gasteiger partial charge is 0.480 e. The zero-order valence-electron chi connectivity index (χ0n) is 23.4. The Morgan fingerprint density at radius 3 is 1.76 bits per heavy atom. The molecule has 0 saturated carbocycles. The molecular formula is C30H36N6O6. The van der Waals surface area contributed by atoms with Crippen molar-refractivity contribution in [3.05, 3.63) is 72.1 Å². The van der Waals surface area contributed by atoms with E-state index in [2.05, 4.69) is 25.9 Å². The fourth-order valence-electron chi connectivity index (χ4n) is 4.86. The predicted molar refractivity (Wildman–Crippen MR) is 157 cm³/mol. The van der Waals surface area contributed by atoms with Gasteiger partial charge in [0.15, 0.2) is 0 Å². The molecule has 12 nitrogen and oxygen atoms in total. The van der Waals surface area contributed by atoms with Crippen LogP contribution in [0, 0.1) is 5.92 Å². The number of aliphatic hydroxyl groups is 1. The Kier molecular flexibility index (Phi) is 9.60. The Balaban J connectivity index is 1.52. The van der Waals surface area contributed by atoms with Crippen molar-refractivity contribution in [1.29, 1.82) is 0 Å². The minimum absolute atomic E-state index is 0.0299.